The van der Waals surface area contributed by atoms with Gasteiger partial charge in [-0.1, -0.05) is 11.3 Å². The molecular formula is C19H16N6O2S2. The number of fused-ring (bicyclic) bond motifs is 1. The van der Waals surface area contributed by atoms with E-state index in [9.17, 15) is 4.79 Å². The molecule has 0 atom stereocenters. The third-order valence-electron chi connectivity index (χ3n) is 4.05. The van der Waals surface area contributed by atoms with Gasteiger partial charge in [0.25, 0.3) is 0 Å². The Bertz CT molecular complexity index is 1220. The monoisotopic (exact) mass is 424 g/mol. The van der Waals surface area contributed by atoms with Crippen LogP contribution in [0.5, 0.6) is 0 Å². The minimum Gasteiger partial charge on any atom is -0.465 e. The molecule has 0 radical (unpaired) electrons. The van der Waals surface area contributed by atoms with E-state index in [0.29, 0.717) is 5.76 Å². The molecule has 1 aromatic carbocycles. The largest absolute Gasteiger partial charge is 0.465 e. The number of thiocarbonyl (C=S) groups is 1. The lowest BCUT2D eigenvalue weighted by molar-refractivity contribution is -0.115. The fourth-order valence-electron chi connectivity index (χ4n) is 2.62. The summed E-state index contributed by atoms with van der Waals surface area (Å²) < 4.78 is 6.86. The average Bonchev–Trinajstić information content (AvgIpc) is 3.41. The summed E-state index contributed by atoms with van der Waals surface area (Å²) in [5, 5.41) is 19.4. The Hall–Kier alpha value is -3.37. The smallest absolute Gasteiger partial charge is 0.250 e. The molecule has 3 heterocycles. The van der Waals surface area contributed by atoms with E-state index in [-0.39, 0.29) is 11.0 Å². The van der Waals surface area contributed by atoms with Crippen LogP contribution >= 0.6 is 23.6 Å². The van der Waals surface area contributed by atoms with E-state index >= 15 is 0 Å². The Labute approximate surface area is 175 Å². The number of hydrogen-bond acceptors (Lipinski definition) is 7. The zero-order chi connectivity index (χ0) is 20.4. The van der Waals surface area contributed by atoms with Gasteiger partial charge in [0, 0.05) is 17.3 Å². The van der Waals surface area contributed by atoms with Crippen LogP contribution in [-0.2, 0) is 4.79 Å². The Morgan fingerprint density at radius 3 is 2.86 bits per heavy atom. The number of amides is 1. The molecule has 0 spiro atoms. The molecule has 0 fully saturated rings. The fourth-order valence-corrected chi connectivity index (χ4v) is 3.71. The summed E-state index contributed by atoms with van der Waals surface area (Å²) in [6.07, 6.45) is 4.47. The quantitative estimate of drug-likeness (QED) is 0.382. The second-order valence-corrected chi connectivity index (χ2v) is 7.53. The first-order valence-electron chi connectivity index (χ1n) is 8.63. The summed E-state index contributed by atoms with van der Waals surface area (Å²) in [6, 6.07) is 9.35. The molecule has 0 unspecified atom stereocenters. The van der Waals surface area contributed by atoms with E-state index in [0.717, 1.165) is 32.6 Å². The van der Waals surface area contributed by atoms with Gasteiger partial charge < -0.3 is 9.73 Å². The van der Waals surface area contributed by atoms with Crippen LogP contribution in [0.2, 0.25) is 0 Å². The van der Waals surface area contributed by atoms with Crippen molar-refractivity contribution < 1.29 is 9.21 Å². The highest BCUT2D eigenvalue weighted by molar-refractivity contribution is 7.80. The molecule has 146 valence electrons. The van der Waals surface area contributed by atoms with Gasteiger partial charge in [0.15, 0.2) is 10.9 Å². The van der Waals surface area contributed by atoms with Crippen molar-refractivity contribution in [1.82, 2.24) is 25.1 Å². The number of carbonyl (C=O) groups is 1. The first-order valence-corrected chi connectivity index (χ1v) is 9.85. The summed E-state index contributed by atoms with van der Waals surface area (Å²) >= 11 is 6.70. The van der Waals surface area contributed by atoms with Gasteiger partial charge in [0.2, 0.25) is 10.9 Å². The highest BCUT2D eigenvalue weighted by Crippen LogP contribution is 2.28. The molecule has 0 aliphatic rings. The predicted octanol–water partition coefficient (Wildman–Crippen LogP) is 3.59. The number of furan rings is 1. The van der Waals surface area contributed by atoms with Crippen LogP contribution < -0.4 is 10.6 Å². The van der Waals surface area contributed by atoms with E-state index in [2.05, 4.69) is 25.9 Å². The Kier molecular flexibility index (Phi) is 5.19. The number of aromatic nitrogens is 4. The number of hydrogen-bond donors (Lipinski definition) is 2. The van der Waals surface area contributed by atoms with Crippen LogP contribution in [-0.4, -0.2) is 30.8 Å². The lowest BCUT2D eigenvalue weighted by atomic mass is 10.1. The minimum atomic E-state index is -0.344. The van der Waals surface area contributed by atoms with Crippen molar-refractivity contribution in [3.05, 3.63) is 59.8 Å². The van der Waals surface area contributed by atoms with Crippen molar-refractivity contribution in [1.29, 1.82) is 0 Å². The van der Waals surface area contributed by atoms with E-state index < -0.39 is 0 Å². The van der Waals surface area contributed by atoms with Crippen LogP contribution in [0.15, 0.2) is 47.1 Å². The normalized spacial score (nSPS) is 11.2. The van der Waals surface area contributed by atoms with Crippen molar-refractivity contribution in [2.45, 2.75) is 13.8 Å². The summed E-state index contributed by atoms with van der Waals surface area (Å²) in [7, 11) is 0. The highest BCUT2D eigenvalue weighted by atomic mass is 32.1. The van der Waals surface area contributed by atoms with Crippen molar-refractivity contribution in [3.63, 3.8) is 0 Å². The second-order valence-electron chi connectivity index (χ2n) is 6.17. The number of anilines is 1. The summed E-state index contributed by atoms with van der Waals surface area (Å²) in [5.74, 6) is 0.994. The van der Waals surface area contributed by atoms with Gasteiger partial charge in [-0.05, 0) is 68.0 Å². The summed E-state index contributed by atoms with van der Waals surface area (Å²) in [6.45, 7) is 3.82. The molecule has 0 saturated heterocycles. The number of nitrogens with zero attached hydrogens (tertiary/aromatic N) is 4. The van der Waals surface area contributed by atoms with Gasteiger partial charge in [-0.25, -0.2) is 0 Å². The van der Waals surface area contributed by atoms with E-state index in [1.54, 1.807) is 22.7 Å². The van der Waals surface area contributed by atoms with Crippen LogP contribution in [0.3, 0.4) is 0 Å². The van der Waals surface area contributed by atoms with Gasteiger partial charge >= 0.3 is 0 Å². The molecule has 3 aromatic heterocycles. The molecule has 10 heteroatoms. The highest BCUT2D eigenvalue weighted by Gasteiger charge is 2.12. The van der Waals surface area contributed by atoms with Crippen molar-refractivity contribution in [2.24, 2.45) is 0 Å². The maximum Gasteiger partial charge on any atom is 0.250 e. The van der Waals surface area contributed by atoms with E-state index in [4.69, 9.17) is 16.6 Å². The Morgan fingerprint density at radius 1 is 1.28 bits per heavy atom. The first-order chi connectivity index (χ1) is 14.0. The number of nitrogens with one attached hydrogen (secondary N) is 2. The minimum absolute atomic E-state index is 0.212. The molecule has 0 saturated carbocycles. The van der Waals surface area contributed by atoms with Crippen molar-refractivity contribution in [2.75, 3.05) is 5.32 Å². The van der Waals surface area contributed by atoms with Crippen LogP contribution in [0, 0.1) is 13.8 Å². The molecule has 8 nitrogen and oxygen atoms in total. The van der Waals surface area contributed by atoms with Gasteiger partial charge in [-0.2, -0.15) is 9.61 Å². The molecule has 4 aromatic rings. The Balaban J connectivity index is 1.42. The molecule has 0 aliphatic heterocycles. The first kappa shape index (κ1) is 19.0. The maximum absolute atomic E-state index is 12.0. The predicted molar refractivity (Wildman–Crippen MR) is 116 cm³/mol. The van der Waals surface area contributed by atoms with Crippen molar-refractivity contribution in [3.8, 4) is 10.6 Å². The van der Waals surface area contributed by atoms with Gasteiger partial charge in [0.05, 0.1) is 6.26 Å². The summed E-state index contributed by atoms with van der Waals surface area (Å²) in [5.41, 5.74) is 2.74. The lowest BCUT2D eigenvalue weighted by Crippen LogP contribution is -2.33. The van der Waals surface area contributed by atoms with Gasteiger partial charge in [0.1, 0.15) is 10.8 Å². The third kappa shape index (κ3) is 4.23. The molecular weight excluding hydrogens is 408 g/mol. The SMILES string of the molecule is Cc1cc(-c2nn3c(C)nnc3s2)ccc1NC(=S)NC(=O)C=Cc1ccco1. The van der Waals surface area contributed by atoms with Crippen LogP contribution in [0.25, 0.3) is 21.6 Å². The molecule has 0 aliphatic carbocycles. The fraction of sp³-hybridized carbons (Fsp3) is 0.105. The summed E-state index contributed by atoms with van der Waals surface area (Å²) in [4.78, 5) is 12.7. The standard InChI is InChI=1S/C19H16N6O2S2/c1-11-10-13(17-24-25-12(2)22-23-19(25)29-17)5-7-15(11)20-18(28)21-16(26)8-6-14-4-3-9-27-14/h3-10H,1-2H3,(H2,20,21,26,28). The van der Waals surface area contributed by atoms with E-state index in [1.165, 1.54) is 23.7 Å². The number of aryl methyl sites for hydroxylation is 2. The molecule has 2 N–H and O–H groups in total. The zero-order valence-electron chi connectivity index (χ0n) is 15.5. The lowest BCUT2D eigenvalue weighted by Gasteiger charge is -2.11. The third-order valence-corrected chi connectivity index (χ3v) is 5.20. The van der Waals surface area contributed by atoms with Crippen LogP contribution in [0.1, 0.15) is 17.1 Å². The molecule has 4 rings (SSSR count). The Morgan fingerprint density at radius 2 is 2.14 bits per heavy atom. The van der Waals surface area contributed by atoms with Gasteiger partial charge in [-0.3, -0.25) is 10.1 Å². The average molecular weight is 425 g/mol. The number of carbonyl (C=O) groups excluding carboxylic acids is 1. The molecule has 1 amide bonds. The molecule has 0 bridgehead atoms. The number of benzene rings is 1. The topological polar surface area (TPSA) is 97.4 Å². The number of rotatable bonds is 4. The maximum atomic E-state index is 12.0. The molecule has 29 heavy (non-hydrogen) atoms. The van der Waals surface area contributed by atoms with Crippen molar-refractivity contribution >= 4 is 51.3 Å². The van der Waals surface area contributed by atoms with Gasteiger partial charge in [-0.15, -0.1) is 10.2 Å². The zero-order valence-corrected chi connectivity index (χ0v) is 17.2. The van der Waals surface area contributed by atoms with E-state index in [1.807, 2.05) is 32.0 Å². The second kappa shape index (κ2) is 7.94. The van der Waals surface area contributed by atoms with Crippen LogP contribution in [0.4, 0.5) is 5.69 Å².